The van der Waals surface area contributed by atoms with E-state index in [1.165, 1.54) is 76.0 Å². The molecule has 0 spiro atoms. The highest BCUT2D eigenvalue weighted by molar-refractivity contribution is 7.91. The Labute approximate surface area is 241 Å². The minimum absolute atomic E-state index is 0.00677. The minimum atomic E-state index is -3.87. The van der Waals surface area contributed by atoms with E-state index in [9.17, 15) is 18.0 Å². The lowest BCUT2D eigenvalue weighted by Gasteiger charge is -2.25. The van der Waals surface area contributed by atoms with Crippen LogP contribution >= 0.6 is 0 Å². The Hall–Kier alpha value is -3.85. The molecule has 9 heteroatoms. The van der Waals surface area contributed by atoms with E-state index < -0.39 is 27.6 Å². The molecule has 0 radical (unpaired) electrons. The third-order valence-corrected chi connectivity index (χ3v) is 8.78. The summed E-state index contributed by atoms with van der Waals surface area (Å²) in [5.74, 6) is 0.212. The van der Waals surface area contributed by atoms with Gasteiger partial charge in [-0.1, -0.05) is 51.9 Å². The second-order valence-corrected chi connectivity index (χ2v) is 12.0. The lowest BCUT2D eigenvalue weighted by Crippen LogP contribution is -2.43. The molecule has 0 bridgehead atoms. The number of methoxy groups -OCH3 is 1. The normalized spacial score (nSPS) is 14.5. The number of nitrogens with one attached hydrogen (secondary N) is 1. The summed E-state index contributed by atoms with van der Waals surface area (Å²) in [4.78, 5) is 25.7. The summed E-state index contributed by atoms with van der Waals surface area (Å²) in [7, 11) is -2.35. The fourth-order valence-corrected chi connectivity index (χ4v) is 5.90. The Morgan fingerprint density at radius 2 is 1.44 bits per heavy atom. The van der Waals surface area contributed by atoms with Crippen molar-refractivity contribution in [2.75, 3.05) is 19.0 Å². The second-order valence-electron chi connectivity index (χ2n) is 10.0. The predicted octanol–water partition coefficient (Wildman–Crippen LogP) is 6.63. The lowest BCUT2D eigenvalue weighted by molar-refractivity contribution is -0.121. The van der Waals surface area contributed by atoms with Crippen molar-refractivity contribution in [2.24, 2.45) is 0 Å². The molecule has 0 saturated carbocycles. The molecule has 1 atom stereocenters. The van der Waals surface area contributed by atoms with Crippen LogP contribution in [0.15, 0.2) is 76.5 Å². The highest BCUT2D eigenvalue weighted by Gasteiger charge is 2.35. The molecular weight excluding hydrogens is 542 g/mol. The van der Waals surface area contributed by atoms with Gasteiger partial charge in [-0.25, -0.2) is 8.42 Å². The number of rotatable bonds is 15. The van der Waals surface area contributed by atoms with Crippen LogP contribution in [-0.4, -0.2) is 39.9 Å². The Morgan fingerprint density at radius 1 is 0.829 bits per heavy atom. The van der Waals surface area contributed by atoms with Crippen LogP contribution in [-0.2, 0) is 14.6 Å². The van der Waals surface area contributed by atoms with E-state index in [1.807, 2.05) is 0 Å². The van der Waals surface area contributed by atoms with Gasteiger partial charge in [-0.2, -0.15) is 0 Å². The van der Waals surface area contributed by atoms with Gasteiger partial charge >= 0.3 is 0 Å². The van der Waals surface area contributed by atoms with E-state index in [0.29, 0.717) is 23.7 Å². The van der Waals surface area contributed by atoms with Gasteiger partial charge in [0.25, 0.3) is 5.91 Å². The summed E-state index contributed by atoms with van der Waals surface area (Å²) < 4.78 is 43.2. The largest absolute Gasteiger partial charge is 0.497 e. The molecule has 1 heterocycles. The van der Waals surface area contributed by atoms with E-state index in [0.717, 1.165) is 12.8 Å². The number of amides is 1. The molecule has 218 valence electrons. The van der Waals surface area contributed by atoms with Gasteiger partial charge in [0.05, 0.1) is 29.2 Å². The topological polar surface area (TPSA) is 108 Å². The smallest absolute Gasteiger partial charge is 0.273 e. The molecule has 1 unspecified atom stereocenters. The van der Waals surface area contributed by atoms with Crippen molar-refractivity contribution in [3.8, 4) is 17.2 Å². The van der Waals surface area contributed by atoms with E-state index in [1.54, 1.807) is 36.4 Å². The second kappa shape index (κ2) is 14.2. The standard InChI is InChI=1S/C32H37NO7S/c1-3-4-5-6-7-8-9-10-21-39-25-15-17-26(18-16-25)41(36,37)27-19-20-29-28(22-27)33-32(35)31(40-29)30(34)23-11-13-24(38-2)14-12-23/h11-20,22,31H,3-10,21H2,1-2H3,(H,33,35). The van der Waals surface area contributed by atoms with Gasteiger partial charge in [0.1, 0.15) is 17.2 Å². The first kappa shape index (κ1) is 30.1. The summed E-state index contributed by atoms with van der Waals surface area (Å²) in [6.07, 6.45) is 8.31. The van der Waals surface area contributed by atoms with Gasteiger partial charge in [-0.3, -0.25) is 9.59 Å². The molecule has 4 rings (SSSR count). The van der Waals surface area contributed by atoms with Crippen molar-refractivity contribution in [2.45, 2.75) is 74.2 Å². The number of benzene rings is 3. The highest BCUT2D eigenvalue weighted by atomic mass is 32.2. The molecule has 3 aromatic rings. The van der Waals surface area contributed by atoms with E-state index in [2.05, 4.69) is 12.2 Å². The summed E-state index contributed by atoms with van der Waals surface area (Å²) in [6.45, 7) is 2.81. The quantitative estimate of drug-likeness (QED) is 0.122. The van der Waals surface area contributed by atoms with Crippen LogP contribution in [0.25, 0.3) is 0 Å². The number of ether oxygens (including phenoxy) is 3. The zero-order valence-corrected chi connectivity index (χ0v) is 24.4. The maximum Gasteiger partial charge on any atom is 0.273 e. The van der Waals surface area contributed by atoms with Crippen LogP contribution in [0, 0.1) is 0 Å². The first-order valence-corrected chi connectivity index (χ1v) is 15.6. The molecule has 3 aromatic carbocycles. The van der Waals surface area contributed by atoms with E-state index >= 15 is 0 Å². The SMILES string of the molecule is CCCCCCCCCCOc1ccc(S(=O)(=O)c2ccc3c(c2)NC(=O)C(C(=O)c2ccc(OC)cc2)O3)cc1. The Bertz CT molecular complexity index is 1430. The maximum atomic E-state index is 13.3. The first-order valence-electron chi connectivity index (χ1n) is 14.1. The van der Waals surface area contributed by atoms with Crippen molar-refractivity contribution < 1.29 is 32.2 Å². The monoisotopic (exact) mass is 579 g/mol. The molecule has 1 amide bonds. The van der Waals surface area contributed by atoms with Gasteiger partial charge in [-0.15, -0.1) is 0 Å². The molecule has 0 aliphatic carbocycles. The number of fused-ring (bicyclic) bond motifs is 1. The third kappa shape index (κ3) is 7.67. The summed E-state index contributed by atoms with van der Waals surface area (Å²) in [5.41, 5.74) is 0.471. The van der Waals surface area contributed by atoms with Crippen LogP contribution in [0.4, 0.5) is 5.69 Å². The average molecular weight is 580 g/mol. The van der Waals surface area contributed by atoms with Crippen LogP contribution in [0.3, 0.4) is 0 Å². The fraction of sp³-hybridized carbons (Fsp3) is 0.375. The number of carbonyl (C=O) groups excluding carboxylic acids is 2. The van der Waals surface area contributed by atoms with Gasteiger partial charge in [0, 0.05) is 5.56 Å². The Balaban J connectivity index is 1.34. The molecule has 1 N–H and O–H groups in total. The van der Waals surface area contributed by atoms with Gasteiger partial charge in [0.15, 0.2) is 0 Å². The van der Waals surface area contributed by atoms with Crippen LogP contribution in [0.5, 0.6) is 17.2 Å². The van der Waals surface area contributed by atoms with Crippen LogP contribution in [0.2, 0.25) is 0 Å². The van der Waals surface area contributed by atoms with Crippen molar-refractivity contribution in [1.82, 2.24) is 0 Å². The zero-order chi connectivity index (χ0) is 29.2. The number of hydrogen-bond donors (Lipinski definition) is 1. The zero-order valence-electron chi connectivity index (χ0n) is 23.6. The van der Waals surface area contributed by atoms with Gasteiger partial charge in [0.2, 0.25) is 21.7 Å². The first-order chi connectivity index (χ1) is 19.8. The number of anilines is 1. The average Bonchev–Trinajstić information content (AvgIpc) is 2.99. The molecule has 0 fully saturated rings. The Kier molecular flexibility index (Phi) is 10.4. The number of sulfone groups is 1. The summed E-state index contributed by atoms with van der Waals surface area (Å²) >= 11 is 0. The van der Waals surface area contributed by atoms with E-state index in [-0.39, 0.29) is 21.2 Å². The third-order valence-electron chi connectivity index (χ3n) is 7.02. The predicted molar refractivity (Wildman–Crippen MR) is 157 cm³/mol. The molecule has 1 aliphatic rings. The van der Waals surface area contributed by atoms with E-state index in [4.69, 9.17) is 14.2 Å². The number of carbonyl (C=O) groups is 2. The molecular formula is C32H37NO7S. The summed E-state index contributed by atoms with van der Waals surface area (Å²) in [6, 6.07) is 16.8. The molecule has 8 nitrogen and oxygen atoms in total. The fourth-order valence-electron chi connectivity index (χ4n) is 4.61. The summed E-state index contributed by atoms with van der Waals surface area (Å²) in [5, 5.41) is 2.61. The van der Waals surface area contributed by atoms with Gasteiger partial charge < -0.3 is 19.5 Å². The van der Waals surface area contributed by atoms with Gasteiger partial charge in [-0.05, 0) is 73.2 Å². The number of Topliss-reactive ketones (excluding diaryl/α,β-unsaturated/α-hetero) is 1. The van der Waals surface area contributed by atoms with Crippen molar-refractivity contribution in [1.29, 1.82) is 0 Å². The number of hydrogen-bond acceptors (Lipinski definition) is 7. The van der Waals surface area contributed by atoms with Crippen molar-refractivity contribution in [3.05, 3.63) is 72.3 Å². The molecule has 0 aromatic heterocycles. The van der Waals surface area contributed by atoms with Crippen molar-refractivity contribution in [3.63, 3.8) is 0 Å². The molecule has 1 aliphatic heterocycles. The Morgan fingerprint density at radius 3 is 2.10 bits per heavy atom. The highest BCUT2D eigenvalue weighted by Crippen LogP contribution is 2.34. The van der Waals surface area contributed by atoms with Crippen molar-refractivity contribution >= 4 is 27.2 Å². The lowest BCUT2D eigenvalue weighted by atomic mass is 10.0. The minimum Gasteiger partial charge on any atom is -0.497 e. The number of unbranched alkanes of at least 4 members (excludes halogenated alkanes) is 7. The molecule has 0 saturated heterocycles. The van der Waals surface area contributed by atoms with Crippen LogP contribution < -0.4 is 19.5 Å². The molecule has 41 heavy (non-hydrogen) atoms. The number of ketones is 1. The maximum absolute atomic E-state index is 13.3. The van der Waals surface area contributed by atoms with Crippen LogP contribution in [0.1, 0.15) is 68.6 Å².